The van der Waals surface area contributed by atoms with Crippen molar-refractivity contribution in [1.82, 2.24) is 4.90 Å². The lowest BCUT2D eigenvalue weighted by atomic mass is 10.2. The fraction of sp³-hybridized carbons (Fsp3) is 0.500. The summed E-state index contributed by atoms with van der Waals surface area (Å²) in [7, 11) is 1.70. The summed E-state index contributed by atoms with van der Waals surface area (Å²) >= 11 is 2.43. The predicted octanol–water partition coefficient (Wildman–Crippen LogP) is 2.21. The van der Waals surface area contributed by atoms with Gasteiger partial charge in [0.25, 0.3) is 0 Å². The molecule has 1 aliphatic heterocycles. The highest BCUT2D eigenvalue weighted by Crippen LogP contribution is 2.20. The molecule has 1 heterocycles. The Hall–Kier alpha value is -0.490. The molecule has 0 saturated carbocycles. The van der Waals surface area contributed by atoms with E-state index in [2.05, 4.69) is 44.5 Å². The van der Waals surface area contributed by atoms with Crippen LogP contribution in [-0.4, -0.2) is 42.7 Å². The molecule has 16 heavy (non-hydrogen) atoms. The van der Waals surface area contributed by atoms with Gasteiger partial charge in [-0.1, -0.05) is 22.6 Å². The second-order valence-electron chi connectivity index (χ2n) is 3.92. The van der Waals surface area contributed by atoms with Gasteiger partial charge in [0.05, 0.1) is 11.7 Å². The van der Waals surface area contributed by atoms with Gasteiger partial charge < -0.3 is 9.64 Å². The average Bonchev–Trinajstić information content (AvgIpc) is 2.39. The van der Waals surface area contributed by atoms with Gasteiger partial charge in [-0.3, -0.25) is 4.90 Å². The molecular weight excluding hydrogens is 315 g/mol. The van der Waals surface area contributed by atoms with Gasteiger partial charge in [0.1, 0.15) is 5.75 Å². The molecule has 0 N–H and O–H groups in total. The SMILES string of the molecule is COc1ccc(N2CCN(CI)CC2)cc1. The molecule has 0 aliphatic carbocycles. The Morgan fingerprint density at radius 3 is 2.25 bits per heavy atom. The number of methoxy groups -OCH3 is 1. The molecule has 1 saturated heterocycles. The van der Waals surface area contributed by atoms with Crippen LogP contribution in [0.2, 0.25) is 0 Å². The van der Waals surface area contributed by atoms with Crippen LogP contribution in [-0.2, 0) is 0 Å². The molecule has 0 spiro atoms. The number of nitrogens with zero attached hydrogens (tertiary/aromatic N) is 2. The number of hydrogen-bond donors (Lipinski definition) is 0. The van der Waals surface area contributed by atoms with E-state index in [0.29, 0.717) is 0 Å². The predicted molar refractivity (Wildman–Crippen MR) is 75.7 cm³/mol. The van der Waals surface area contributed by atoms with E-state index in [-0.39, 0.29) is 0 Å². The van der Waals surface area contributed by atoms with Crippen LogP contribution in [0.25, 0.3) is 0 Å². The number of benzene rings is 1. The molecule has 0 bridgehead atoms. The molecule has 4 heteroatoms. The molecule has 0 aromatic heterocycles. The van der Waals surface area contributed by atoms with E-state index in [1.165, 1.54) is 5.69 Å². The second kappa shape index (κ2) is 5.72. The number of hydrogen-bond acceptors (Lipinski definition) is 3. The molecule has 0 unspecified atom stereocenters. The van der Waals surface area contributed by atoms with Crippen molar-refractivity contribution in [1.29, 1.82) is 0 Å². The van der Waals surface area contributed by atoms with Crippen molar-refractivity contribution in [2.45, 2.75) is 0 Å². The van der Waals surface area contributed by atoms with E-state index in [9.17, 15) is 0 Å². The minimum Gasteiger partial charge on any atom is -0.497 e. The number of piperazine rings is 1. The lowest BCUT2D eigenvalue weighted by molar-refractivity contribution is 0.307. The summed E-state index contributed by atoms with van der Waals surface area (Å²) in [6.45, 7) is 4.56. The summed E-state index contributed by atoms with van der Waals surface area (Å²) < 4.78 is 6.30. The van der Waals surface area contributed by atoms with Crippen LogP contribution in [0.1, 0.15) is 0 Å². The first kappa shape index (κ1) is 12.0. The third-order valence-electron chi connectivity index (χ3n) is 2.98. The van der Waals surface area contributed by atoms with Gasteiger partial charge in [0.15, 0.2) is 0 Å². The minimum atomic E-state index is 0.926. The first-order valence-corrected chi connectivity index (χ1v) is 7.03. The number of ether oxygens (including phenoxy) is 1. The lowest BCUT2D eigenvalue weighted by Crippen LogP contribution is -2.45. The minimum absolute atomic E-state index is 0.926. The van der Waals surface area contributed by atoms with Crippen LogP contribution in [0.5, 0.6) is 5.75 Å². The first-order chi connectivity index (χ1) is 7.83. The van der Waals surface area contributed by atoms with Crippen LogP contribution in [0.3, 0.4) is 0 Å². The van der Waals surface area contributed by atoms with Crippen molar-refractivity contribution in [2.24, 2.45) is 0 Å². The summed E-state index contributed by atoms with van der Waals surface area (Å²) in [5.74, 6) is 0.926. The molecular formula is C12H17IN2O. The highest BCUT2D eigenvalue weighted by Gasteiger charge is 2.15. The van der Waals surface area contributed by atoms with Crippen LogP contribution < -0.4 is 9.64 Å². The van der Waals surface area contributed by atoms with E-state index in [1.807, 2.05) is 12.1 Å². The molecule has 1 aromatic carbocycles. The maximum Gasteiger partial charge on any atom is 0.119 e. The van der Waals surface area contributed by atoms with Crippen LogP contribution >= 0.6 is 22.6 Å². The van der Waals surface area contributed by atoms with Crippen molar-refractivity contribution in [3.05, 3.63) is 24.3 Å². The zero-order valence-corrected chi connectivity index (χ0v) is 11.7. The van der Waals surface area contributed by atoms with Crippen molar-refractivity contribution < 1.29 is 4.74 Å². The van der Waals surface area contributed by atoms with Gasteiger partial charge in [-0.05, 0) is 24.3 Å². The Bertz CT molecular complexity index is 320. The second-order valence-corrected chi connectivity index (χ2v) is 4.60. The highest BCUT2D eigenvalue weighted by molar-refractivity contribution is 14.1. The number of rotatable bonds is 3. The third kappa shape index (κ3) is 2.79. The van der Waals surface area contributed by atoms with Crippen molar-refractivity contribution >= 4 is 28.3 Å². The van der Waals surface area contributed by atoms with Crippen LogP contribution in [0.4, 0.5) is 5.69 Å². The molecule has 1 fully saturated rings. The summed E-state index contributed by atoms with van der Waals surface area (Å²) in [6.07, 6.45) is 0. The molecule has 2 rings (SSSR count). The first-order valence-electron chi connectivity index (χ1n) is 5.51. The number of alkyl halides is 1. The fourth-order valence-corrected chi connectivity index (χ4v) is 2.60. The zero-order valence-electron chi connectivity index (χ0n) is 9.53. The normalized spacial score (nSPS) is 17.5. The molecule has 1 aliphatic rings. The van der Waals surface area contributed by atoms with E-state index in [4.69, 9.17) is 4.74 Å². The van der Waals surface area contributed by atoms with E-state index in [0.717, 1.165) is 36.5 Å². The smallest absolute Gasteiger partial charge is 0.119 e. The quantitative estimate of drug-likeness (QED) is 0.480. The molecule has 88 valence electrons. The van der Waals surface area contributed by atoms with Crippen molar-refractivity contribution in [2.75, 3.05) is 42.7 Å². The molecule has 0 amide bonds. The van der Waals surface area contributed by atoms with E-state index < -0.39 is 0 Å². The zero-order chi connectivity index (χ0) is 11.4. The molecule has 1 aromatic rings. The van der Waals surface area contributed by atoms with Crippen LogP contribution in [0, 0.1) is 0 Å². The largest absolute Gasteiger partial charge is 0.497 e. The monoisotopic (exact) mass is 332 g/mol. The highest BCUT2D eigenvalue weighted by atomic mass is 127. The van der Waals surface area contributed by atoms with Gasteiger partial charge in [0.2, 0.25) is 0 Å². The maximum atomic E-state index is 5.16. The topological polar surface area (TPSA) is 15.7 Å². The number of halogens is 1. The summed E-state index contributed by atoms with van der Waals surface area (Å²) in [5, 5.41) is 0. The lowest BCUT2D eigenvalue weighted by Gasteiger charge is -2.35. The Morgan fingerprint density at radius 1 is 1.12 bits per heavy atom. The van der Waals surface area contributed by atoms with E-state index >= 15 is 0 Å². The summed E-state index contributed by atoms with van der Waals surface area (Å²) in [5.41, 5.74) is 1.30. The van der Waals surface area contributed by atoms with Crippen molar-refractivity contribution in [3.63, 3.8) is 0 Å². The van der Waals surface area contributed by atoms with Gasteiger partial charge in [-0.2, -0.15) is 0 Å². The van der Waals surface area contributed by atoms with Crippen molar-refractivity contribution in [3.8, 4) is 5.75 Å². The Kier molecular flexibility index (Phi) is 4.29. The Labute approximate surface area is 111 Å². The Morgan fingerprint density at radius 2 is 1.75 bits per heavy atom. The number of anilines is 1. The van der Waals surface area contributed by atoms with Crippen LogP contribution in [0.15, 0.2) is 24.3 Å². The maximum absolute atomic E-state index is 5.16. The summed E-state index contributed by atoms with van der Waals surface area (Å²) in [4.78, 5) is 4.91. The fourth-order valence-electron chi connectivity index (χ4n) is 1.92. The molecule has 0 radical (unpaired) electrons. The van der Waals surface area contributed by atoms with Gasteiger partial charge >= 0.3 is 0 Å². The molecule has 3 nitrogen and oxygen atoms in total. The Balaban J connectivity index is 1.97. The van der Waals surface area contributed by atoms with Gasteiger partial charge in [-0.25, -0.2) is 0 Å². The summed E-state index contributed by atoms with van der Waals surface area (Å²) in [6, 6.07) is 8.33. The van der Waals surface area contributed by atoms with Gasteiger partial charge in [-0.15, -0.1) is 0 Å². The molecule has 0 atom stereocenters. The third-order valence-corrected chi connectivity index (χ3v) is 3.94. The average molecular weight is 332 g/mol. The standard InChI is InChI=1S/C12H17IN2O/c1-16-12-4-2-11(3-5-12)15-8-6-14(10-13)7-9-15/h2-5H,6-10H2,1H3. The van der Waals surface area contributed by atoms with Gasteiger partial charge in [0, 0.05) is 31.9 Å². The van der Waals surface area contributed by atoms with E-state index in [1.54, 1.807) is 7.11 Å².